The molecule has 0 spiro atoms. The van der Waals surface area contributed by atoms with Gasteiger partial charge in [0.1, 0.15) is 5.76 Å². The summed E-state index contributed by atoms with van der Waals surface area (Å²) in [5.74, 6) is 1.21. The molecule has 1 aliphatic rings. The van der Waals surface area contributed by atoms with Gasteiger partial charge in [-0.25, -0.2) is 0 Å². The molecule has 0 amide bonds. The molecule has 0 radical (unpaired) electrons. The molecule has 1 atom stereocenters. The first-order valence-corrected chi connectivity index (χ1v) is 6.81. The fourth-order valence-corrected chi connectivity index (χ4v) is 3.02. The summed E-state index contributed by atoms with van der Waals surface area (Å²) in [6.07, 6.45) is 1.96. The van der Waals surface area contributed by atoms with E-state index >= 15 is 0 Å². The number of aryl methyl sites for hydroxylation is 2. The Morgan fingerprint density at radius 3 is 3.05 bits per heavy atom. The first-order chi connectivity index (χ1) is 9.67. The molecule has 20 heavy (non-hydrogen) atoms. The van der Waals surface area contributed by atoms with Crippen LogP contribution in [0.15, 0.2) is 16.8 Å². The number of fused-ring (bicyclic) bond motifs is 1. The summed E-state index contributed by atoms with van der Waals surface area (Å²) in [6, 6.07) is 1.99. The van der Waals surface area contributed by atoms with Crippen molar-refractivity contribution in [2.24, 2.45) is 7.05 Å². The van der Waals surface area contributed by atoms with Gasteiger partial charge in [0, 0.05) is 57.0 Å². The summed E-state index contributed by atoms with van der Waals surface area (Å²) in [4.78, 5) is 2.37. The van der Waals surface area contributed by atoms with E-state index in [0.717, 1.165) is 31.1 Å². The van der Waals surface area contributed by atoms with Crippen molar-refractivity contribution >= 4 is 0 Å². The number of aromatic nitrogens is 3. The molecule has 2 aromatic rings. The van der Waals surface area contributed by atoms with Crippen LogP contribution in [0.25, 0.3) is 0 Å². The van der Waals surface area contributed by atoms with Gasteiger partial charge in [0.15, 0.2) is 0 Å². The molecule has 0 fully saturated rings. The van der Waals surface area contributed by atoms with Gasteiger partial charge in [-0.3, -0.25) is 9.58 Å². The van der Waals surface area contributed by atoms with Crippen LogP contribution in [0.5, 0.6) is 0 Å². The number of nitrogens with zero attached hydrogens (tertiary/aromatic N) is 4. The Labute approximate surface area is 118 Å². The van der Waals surface area contributed by atoms with E-state index in [4.69, 9.17) is 9.26 Å². The van der Waals surface area contributed by atoms with Gasteiger partial charge in [0.05, 0.1) is 18.5 Å². The molecule has 108 valence electrons. The highest BCUT2D eigenvalue weighted by Crippen LogP contribution is 2.28. The van der Waals surface area contributed by atoms with Gasteiger partial charge in [-0.15, -0.1) is 0 Å². The fourth-order valence-electron chi connectivity index (χ4n) is 3.02. The molecular weight excluding hydrogens is 256 g/mol. The zero-order valence-electron chi connectivity index (χ0n) is 12.2. The maximum Gasteiger partial charge on any atom is 0.133 e. The van der Waals surface area contributed by atoms with Crippen LogP contribution in [-0.2, 0) is 24.9 Å². The second kappa shape index (κ2) is 5.38. The average molecular weight is 276 g/mol. The largest absolute Gasteiger partial charge is 0.384 e. The monoisotopic (exact) mass is 276 g/mol. The first kappa shape index (κ1) is 13.3. The van der Waals surface area contributed by atoms with Gasteiger partial charge in [0.2, 0.25) is 0 Å². The normalized spacial score (nSPS) is 19.2. The Morgan fingerprint density at radius 1 is 1.50 bits per heavy atom. The number of rotatable bonds is 4. The number of hydrogen-bond donors (Lipinski definition) is 0. The Morgan fingerprint density at radius 2 is 2.35 bits per heavy atom. The molecule has 6 heteroatoms. The van der Waals surface area contributed by atoms with Gasteiger partial charge in [-0.05, 0) is 6.92 Å². The zero-order valence-corrected chi connectivity index (χ0v) is 12.2. The van der Waals surface area contributed by atoms with E-state index in [9.17, 15) is 0 Å². The lowest BCUT2D eigenvalue weighted by Gasteiger charge is -2.32. The Kier molecular flexibility index (Phi) is 3.58. The lowest BCUT2D eigenvalue weighted by atomic mass is 9.97. The highest BCUT2D eigenvalue weighted by molar-refractivity contribution is 5.25. The second-order valence-corrected chi connectivity index (χ2v) is 5.43. The number of methoxy groups -OCH3 is 1. The molecule has 0 saturated carbocycles. The standard InChI is InChI=1S/C14H20N4O2/c1-10-4-13(16-20-10)8-18-6-11-5-15-17(2)14(11)12(7-18)9-19-3/h4-5,12H,6-9H2,1-3H3/t12-/m0/s1. The van der Waals surface area contributed by atoms with Gasteiger partial charge >= 0.3 is 0 Å². The highest BCUT2D eigenvalue weighted by Gasteiger charge is 2.28. The first-order valence-electron chi connectivity index (χ1n) is 6.81. The van der Waals surface area contributed by atoms with E-state index < -0.39 is 0 Å². The Bertz CT molecular complexity index is 590. The maximum absolute atomic E-state index is 5.36. The minimum absolute atomic E-state index is 0.351. The van der Waals surface area contributed by atoms with Crippen molar-refractivity contribution in [3.05, 3.63) is 35.0 Å². The third kappa shape index (κ3) is 2.48. The maximum atomic E-state index is 5.36. The summed E-state index contributed by atoms with van der Waals surface area (Å²) < 4.78 is 12.5. The smallest absolute Gasteiger partial charge is 0.133 e. The van der Waals surface area contributed by atoms with Crippen LogP contribution in [-0.4, -0.2) is 40.1 Å². The molecule has 0 aliphatic carbocycles. The van der Waals surface area contributed by atoms with Crippen molar-refractivity contribution in [2.45, 2.75) is 25.9 Å². The molecule has 0 saturated heterocycles. The lowest BCUT2D eigenvalue weighted by Crippen LogP contribution is -2.35. The molecular formula is C14H20N4O2. The fraction of sp³-hybridized carbons (Fsp3) is 0.571. The third-order valence-electron chi connectivity index (χ3n) is 3.75. The van der Waals surface area contributed by atoms with Crippen LogP contribution < -0.4 is 0 Å². The predicted molar refractivity (Wildman–Crippen MR) is 73.2 cm³/mol. The average Bonchev–Trinajstić information content (AvgIpc) is 2.97. The summed E-state index contributed by atoms with van der Waals surface area (Å²) in [6.45, 7) is 5.27. The van der Waals surface area contributed by atoms with Crippen molar-refractivity contribution < 1.29 is 9.26 Å². The Hall–Kier alpha value is -1.66. The summed E-state index contributed by atoms with van der Waals surface area (Å²) in [7, 11) is 3.74. The number of hydrogen-bond acceptors (Lipinski definition) is 5. The lowest BCUT2D eigenvalue weighted by molar-refractivity contribution is 0.131. The van der Waals surface area contributed by atoms with E-state index in [1.165, 1.54) is 11.3 Å². The van der Waals surface area contributed by atoms with Crippen LogP contribution >= 0.6 is 0 Å². The quantitative estimate of drug-likeness (QED) is 0.846. The van der Waals surface area contributed by atoms with Gasteiger partial charge < -0.3 is 9.26 Å². The summed E-state index contributed by atoms with van der Waals surface area (Å²) >= 11 is 0. The van der Waals surface area contributed by atoms with E-state index in [-0.39, 0.29) is 0 Å². The van der Waals surface area contributed by atoms with E-state index in [0.29, 0.717) is 12.5 Å². The van der Waals surface area contributed by atoms with E-state index in [1.54, 1.807) is 7.11 Å². The highest BCUT2D eigenvalue weighted by atomic mass is 16.5. The minimum atomic E-state index is 0.351. The number of ether oxygens (including phenoxy) is 1. The van der Waals surface area contributed by atoms with Crippen LogP contribution in [0.3, 0.4) is 0 Å². The Balaban J connectivity index is 1.79. The molecule has 2 aromatic heterocycles. The molecule has 0 bridgehead atoms. The van der Waals surface area contributed by atoms with Crippen LogP contribution in [0.4, 0.5) is 0 Å². The van der Waals surface area contributed by atoms with Crippen LogP contribution in [0, 0.1) is 6.92 Å². The van der Waals surface area contributed by atoms with Crippen LogP contribution in [0.2, 0.25) is 0 Å². The molecule has 1 aliphatic heterocycles. The zero-order chi connectivity index (χ0) is 14.1. The second-order valence-electron chi connectivity index (χ2n) is 5.43. The third-order valence-corrected chi connectivity index (χ3v) is 3.75. The van der Waals surface area contributed by atoms with Gasteiger partial charge in [-0.1, -0.05) is 5.16 Å². The molecule has 0 unspecified atom stereocenters. The minimum Gasteiger partial charge on any atom is -0.384 e. The van der Waals surface area contributed by atoms with Crippen molar-refractivity contribution in [1.82, 2.24) is 19.8 Å². The molecule has 3 heterocycles. The van der Waals surface area contributed by atoms with Crippen molar-refractivity contribution in [3.63, 3.8) is 0 Å². The summed E-state index contributed by atoms with van der Waals surface area (Å²) in [5.41, 5.74) is 3.55. The molecule has 3 rings (SSSR count). The topological polar surface area (TPSA) is 56.3 Å². The molecule has 0 aromatic carbocycles. The van der Waals surface area contributed by atoms with E-state index in [1.807, 2.05) is 30.9 Å². The molecule has 6 nitrogen and oxygen atoms in total. The predicted octanol–water partition coefficient (Wildman–Crippen LogP) is 1.46. The van der Waals surface area contributed by atoms with Crippen LogP contribution in [0.1, 0.15) is 28.6 Å². The molecule has 0 N–H and O–H groups in total. The summed E-state index contributed by atoms with van der Waals surface area (Å²) in [5, 5.41) is 8.45. The van der Waals surface area contributed by atoms with Crippen molar-refractivity contribution in [2.75, 3.05) is 20.3 Å². The SMILES string of the molecule is COC[C@@H]1CN(Cc2cc(C)on2)Cc2cnn(C)c21. The van der Waals surface area contributed by atoms with Crippen molar-refractivity contribution in [3.8, 4) is 0 Å². The van der Waals surface area contributed by atoms with E-state index in [2.05, 4.69) is 15.2 Å². The van der Waals surface area contributed by atoms with Gasteiger partial charge in [0.25, 0.3) is 0 Å². The van der Waals surface area contributed by atoms with Gasteiger partial charge in [-0.2, -0.15) is 5.10 Å². The van der Waals surface area contributed by atoms with Crippen molar-refractivity contribution in [1.29, 1.82) is 0 Å².